The van der Waals surface area contributed by atoms with Crippen molar-refractivity contribution in [3.05, 3.63) is 18.0 Å². The Morgan fingerprint density at radius 1 is 1.38 bits per heavy atom. The fraction of sp³-hybridized carbons (Fsp3) is 0.833. The predicted molar refractivity (Wildman–Crippen MR) is 87.2 cm³/mol. The van der Waals surface area contributed by atoms with Gasteiger partial charge in [-0.1, -0.05) is 27.7 Å². The molecule has 0 radical (unpaired) electrons. The lowest BCUT2D eigenvalue weighted by Crippen LogP contribution is -2.35. The van der Waals surface area contributed by atoms with Crippen molar-refractivity contribution in [3.63, 3.8) is 0 Å². The lowest BCUT2D eigenvalue weighted by molar-refractivity contribution is 0.0192. The van der Waals surface area contributed by atoms with Gasteiger partial charge in [0.05, 0.1) is 11.8 Å². The highest BCUT2D eigenvalue weighted by molar-refractivity contribution is 5.03. The molecule has 0 amide bonds. The number of hydrogen-bond donors (Lipinski definition) is 1. The summed E-state index contributed by atoms with van der Waals surface area (Å²) in [5, 5.41) is 15.0. The van der Waals surface area contributed by atoms with Crippen LogP contribution in [0.15, 0.2) is 12.3 Å². The third-order valence-electron chi connectivity index (χ3n) is 5.34. The van der Waals surface area contributed by atoms with E-state index in [-0.39, 0.29) is 6.10 Å². The Kier molecular flexibility index (Phi) is 5.13. The van der Waals surface area contributed by atoms with Crippen molar-refractivity contribution < 1.29 is 5.11 Å². The fourth-order valence-corrected chi connectivity index (χ4v) is 3.44. The van der Waals surface area contributed by atoms with Gasteiger partial charge in [-0.05, 0) is 62.3 Å². The summed E-state index contributed by atoms with van der Waals surface area (Å²) in [6.45, 7) is 11.4. The summed E-state index contributed by atoms with van der Waals surface area (Å²) in [5.74, 6) is 1.07. The van der Waals surface area contributed by atoms with E-state index >= 15 is 0 Å². The third-order valence-corrected chi connectivity index (χ3v) is 5.34. The maximum absolute atomic E-state index is 10.3. The Bertz CT molecular complexity index is 446. The zero-order chi connectivity index (χ0) is 15.6. The maximum atomic E-state index is 10.3. The van der Waals surface area contributed by atoms with Gasteiger partial charge >= 0.3 is 0 Å². The highest BCUT2D eigenvalue weighted by atomic mass is 16.3. The van der Waals surface area contributed by atoms with E-state index < -0.39 is 0 Å². The molecule has 1 fully saturated rings. The van der Waals surface area contributed by atoms with Crippen LogP contribution in [-0.2, 0) is 6.42 Å². The molecule has 0 spiro atoms. The van der Waals surface area contributed by atoms with Crippen LogP contribution < -0.4 is 0 Å². The maximum Gasteiger partial charge on any atom is 0.0628 e. The Balaban J connectivity index is 2.01. The smallest absolute Gasteiger partial charge is 0.0628 e. The van der Waals surface area contributed by atoms with Crippen LogP contribution in [0.2, 0.25) is 0 Å². The van der Waals surface area contributed by atoms with Gasteiger partial charge in [0.15, 0.2) is 0 Å². The summed E-state index contributed by atoms with van der Waals surface area (Å²) in [6.07, 6.45) is 7.16. The lowest BCUT2D eigenvalue weighted by Gasteiger charge is -2.40. The molecule has 4 atom stereocenters. The largest absolute Gasteiger partial charge is 0.393 e. The van der Waals surface area contributed by atoms with Crippen LogP contribution in [-0.4, -0.2) is 21.0 Å². The second-order valence-electron chi connectivity index (χ2n) is 7.95. The third kappa shape index (κ3) is 4.09. The van der Waals surface area contributed by atoms with Gasteiger partial charge in [0.2, 0.25) is 0 Å². The number of aliphatic hydroxyl groups excluding tert-OH is 1. The van der Waals surface area contributed by atoms with Crippen molar-refractivity contribution >= 4 is 0 Å². The highest BCUT2D eigenvalue weighted by Crippen LogP contribution is 2.41. The molecule has 0 aromatic carbocycles. The second kappa shape index (κ2) is 6.51. The topological polar surface area (TPSA) is 38.0 Å². The molecule has 0 bridgehead atoms. The first-order chi connectivity index (χ1) is 9.81. The van der Waals surface area contributed by atoms with E-state index in [2.05, 4.69) is 51.6 Å². The van der Waals surface area contributed by atoms with Crippen LogP contribution in [0.5, 0.6) is 0 Å². The molecule has 1 aliphatic rings. The Labute approximate surface area is 129 Å². The van der Waals surface area contributed by atoms with E-state index in [0.29, 0.717) is 23.3 Å². The van der Waals surface area contributed by atoms with Gasteiger partial charge in [-0.2, -0.15) is 5.10 Å². The summed E-state index contributed by atoms with van der Waals surface area (Å²) in [4.78, 5) is 0. The van der Waals surface area contributed by atoms with Crippen LogP contribution in [0.25, 0.3) is 0 Å². The molecule has 1 saturated carbocycles. The van der Waals surface area contributed by atoms with Crippen molar-refractivity contribution in [3.8, 4) is 0 Å². The van der Waals surface area contributed by atoms with Gasteiger partial charge in [-0.3, -0.25) is 4.68 Å². The molecule has 1 aliphatic carbocycles. The molecule has 1 aromatic rings. The summed E-state index contributed by atoms with van der Waals surface area (Å²) in [6, 6.07) is 2.58. The summed E-state index contributed by atoms with van der Waals surface area (Å²) in [7, 11) is 0. The molecule has 0 saturated heterocycles. The molecule has 0 aliphatic heterocycles. The van der Waals surface area contributed by atoms with Gasteiger partial charge in [0, 0.05) is 12.2 Å². The number of nitrogens with zero attached hydrogens (tertiary/aromatic N) is 2. The van der Waals surface area contributed by atoms with E-state index in [1.165, 1.54) is 0 Å². The first kappa shape index (κ1) is 16.5. The minimum absolute atomic E-state index is 0.155. The van der Waals surface area contributed by atoms with Crippen molar-refractivity contribution in [1.82, 2.24) is 9.78 Å². The first-order valence-electron chi connectivity index (χ1n) is 8.53. The zero-order valence-corrected chi connectivity index (χ0v) is 14.3. The molecule has 2 rings (SSSR count). The van der Waals surface area contributed by atoms with E-state index in [0.717, 1.165) is 37.8 Å². The normalized spacial score (nSPS) is 28.6. The molecule has 21 heavy (non-hydrogen) atoms. The number of aliphatic hydroxyl groups is 1. The molecule has 4 unspecified atom stereocenters. The van der Waals surface area contributed by atoms with Crippen molar-refractivity contribution in [2.45, 2.75) is 78.9 Å². The Morgan fingerprint density at radius 2 is 2.10 bits per heavy atom. The van der Waals surface area contributed by atoms with Gasteiger partial charge in [-0.25, -0.2) is 0 Å². The van der Waals surface area contributed by atoms with E-state index in [1.807, 2.05) is 0 Å². The second-order valence-corrected chi connectivity index (χ2v) is 7.95. The monoisotopic (exact) mass is 292 g/mol. The molecule has 1 heterocycles. The van der Waals surface area contributed by atoms with E-state index in [4.69, 9.17) is 5.10 Å². The van der Waals surface area contributed by atoms with Gasteiger partial charge in [0.25, 0.3) is 0 Å². The number of rotatable bonds is 4. The average Bonchev–Trinajstić information content (AvgIpc) is 2.87. The zero-order valence-electron chi connectivity index (χ0n) is 14.3. The molecule has 1 aromatic heterocycles. The highest BCUT2D eigenvalue weighted by Gasteiger charge is 2.35. The lowest BCUT2D eigenvalue weighted by atomic mass is 9.67. The van der Waals surface area contributed by atoms with Crippen molar-refractivity contribution in [1.29, 1.82) is 0 Å². The molecule has 120 valence electrons. The fourth-order valence-electron chi connectivity index (χ4n) is 3.44. The van der Waals surface area contributed by atoms with Crippen molar-refractivity contribution in [2.24, 2.45) is 17.3 Å². The Morgan fingerprint density at radius 3 is 2.71 bits per heavy atom. The van der Waals surface area contributed by atoms with E-state index in [1.54, 1.807) is 0 Å². The average molecular weight is 292 g/mol. The van der Waals surface area contributed by atoms with Crippen LogP contribution in [0, 0.1) is 17.3 Å². The van der Waals surface area contributed by atoms with Crippen LogP contribution in [0.3, 0.4) is 0 Å². The molecule has 3 nitrogen and oxygen atoms in total. The van der Waals surface area contributed by atoms with Gasteiger partial charge in [-0.15, -0.1) is 0 Å². The summed E-state index contributed by atoms with van der Waals surface area (Å²) < 4.78 is 2.06. The standard InChI is InChI=1S/C18H32N2O/c1-6-13(2)20-10-9-16(19-20)12-14-11-15(18(3,4)5)7-8-17(14)21/h9-10,13-15,17,21H,6-8,11-12H2,1-5H3. The van der Waals surface area contributed by atoms with Crippen LogP contribution in [0.1, 0.15) is 72.0 Å². The molecular weight excluding hydrogens is 260 g/mol. The van der Waals surface area contributed by atoms with Gasteiger partial charge in [0.1, 0.15) is 0 Å². The quantitative estimate of drug-likeness (QED) is 0.902. The minimum Gasteiger partial charge on any atom is -0.393 e. The van der Waals surface area contributed by atoms with Gasteiger partial charge < -0.3 is 5.11 Å². The van der Waals surface area contributed by atoms with E-state index in [9.17, 15) is 5.11 Å². The number of hydrogen-bond acceptors (Lipinski definition) is 2. The first-order valence-corrected chi connectivity index (χ1v) is 8.53. The Hall–Kier alpha value is -0.830. The summed E-state index contributed by atoms with van der Waals surface area (Å²) >= 11 is 0. The minimum atomic E-state index is -0.155. The molecule has 1 N–H and O–H groups in total. The summed E-state index contributed by atoms with van der Waals surface area (Å²) in [5.41, 5.74) is 1.47. The van der Waals surface area contributed by atoms with Crippen LogP contribution >= 0.6 is 0 Å². The SMILES string of the molecule is CCC(C)n1ccc(CC2CC(C(C)(C)C)CCC2O)n1. The number of aromatic nitrogens is 2. The molecular formula is C18H32N2O. The van der Waals surface area contributed by atoms with Crippen molar-refractivity contribution in [2.75, 3.05) is 0 Å². The van der Waals surface area contributed by atoms with Crippen LogP contribution in [0.4, 0.5) is 0 Å². The molecule has 3 heteroatoms. The predicted octanol–water partition coefficient (Wildman–Crippen LogP) is 4.22.